The predicted molar refractivity (Wildman–Crippen MR) is 111 cm³/mol. The zero-order chi connectivity index (χ0) is 20.6. The molecule has 1 aromatic carbocycles. The summed E-state index contributed by atoms with van der Waals surface area (Å²) in [5, 5.41) is 14.2. The molecule has 0 aromatic heterocycles. The number of phenolic OH excluding ortho intramolecular Hbond substituents is 1. The first-order chi connectivity index (χ1) is 12.2. The van der Waals surface area contributed by atoms with E-state index in [2.05, 4.69) is 26.1 Å². The van der Waals surface area contributed by atoms with Gasteiger partial charge in [-0.05, 0) is 62.2 Å². The third kappa shape index (κ3) is 5.04. The molecule has 4 heteroatoms. The molecule has 0 radical (unpaired) electrons. The van der Waals surface area contributed by atoms with Crippen LogP contribution in [0.25, 0.3) is 0 Å². The third-order valence-electron chi connectivity index (χ3n) is 5.68. The number of hydrogen-bond donors (Lipinski definition) is 2. The molecule has 0 spiro atoms. The van der Waals surface area contributed by atoms with Crippen molar-refractivity contribution in [3.05, 3.63) is 28.8 Å². The monoisotopic (exact) mass is 375 g/mol. The molecule has 0 amide bonds. The van der Waals surface area contributed by atoms with E-state index in [0.29, 0.717) is 5.92 Å². The highest BCUT2D eigenvalue weighted by Crippen LogP contribution is 2.39. The van der Waals surface area contributed by atoms with Crippen molar-refractivity contribution < 1.29 is 14.6 Å². The van der Waals surface area contributed by atoms with Crippen LogP contribution in [-0.2, 0) is 15.6 Å². The van der Waals surface area contributed by atoms with Gasteiger partial charge in [-0.3, -0.25) is 0 Å². The van der Waals surface area contributed by atoms with Gasteiger partial charge in [0.15, 0.2) is 0 Å². The number of aromatic hydroxyl groups is 1. The van der Waals surface area contributed by atoms with E-state index < -0.39 is 11.6 Å². The molecule has 0 saturated carbocycles. The highest BCUT2D eigenvalue weighted by atomic mass is 16.6. The SMILES string of the molecule is CC(C)(C)c1cc(C(=O)OC(C)(C)C2CCNCC2)c(O)c(C(C)(C)C)c1. The van der Waals surface area contributed by atoms with E-state index in [9.17, 15) is 9.90 Å². The van der Waals surface area contributed by atoms with Crippen LogP contribution in [0.2, 0.25) is 0 Å². The van der Waals surface area contributed by atoms with Gasteiger partial charge in [-0.2, -0.15) is 0 Å². The lowest BCUT2D eigenvalue weighted by molar-refractivity contribution is -0.0370. The van der Waals surface area contributed by atoms with Crippen LogP contribution >= 0.6 is 0 Å². The number of rotatable bonds is 3. The second-order valence-electron chi connectivity index (χ2n) is 10.4. The maximum Gasteiger partial charge on any atom is 0.342 e. The summed E-state index contributed by atoms with van der Waals surface area (Å²) in [5.41, 5.74) is 1.11. The lowest BCUT2D eigenvalue weighted by Gasteiger charge is -2.37. The van der Waals surface area contributed by atoms with Crippen LogP contribution in [0.15, 0.2) is 12.1 Å². The first-order valence-electron chi connectivity index (χ1n) is 10.1. The highest BCUT2D eigenvalue weighted by Gasteiger charge is 2.36. The van der Waals surface area contributed by atoms with Gasteiger partial charge in [0.25, 0.3) is 0 Å². The van der Waals surface area contributed by atoms with Gasteiger partial charge in [-0.1, -0.05) is 47.6 Å². The smallest absolute Gasteiger partial charge is 0.342 e. The van der Waals surface area contributed by atoms with Crippen LogP contribution in [0.1, 0.15) is 89.7 Å². The average molecular weight is 376 g/mol. The second kappa shape index (κ2) is 7.46. The summed E-state index contributed by atoms with van der Waals surface area (Å²) < 4.78 is 5.95. The largest absolute Gasteiger partial charge is 0.507 e. The minimum absolute atomic E-state index is 0.0432. The van der Waals surface area contributed by atoms with Gasteiger partial charge in [0, 0.05) is 11.5 Å². The molecule has 1 aliphatic heterocycles. The van der Waals surface area contributed by atoms with Crippen molar-refractivity contribution in [2.75, 3.05) is 13.1 Å². The summed E-state index contributed by atoms with van der Waals surface area (Å²) >= 11 is 0. The molecule has 2 N–H and O–H groups in total. The Labute approximate surface area is 164 Å². The van der Waals surface area contributed by atoms with Crippen molar-refractivity contribution in [2.24, 2.45) is 5.92 Å². The Balaban J connectivity index is 2.42. The predicted octanol–water partition coefficient (Wildman–Crippen LogP) is 4.92. The Hall–Kier alpha value is -1.55. The van der Waals surface area contributed by atoms with Gasteiger partial charge in [-0.15, -0.1) is 0 Å². The van der Waals surface area contributed by atoms with E-state index in [-0.39, 0.29) is 22.1 Å². The van der Waals surface area contributed by atoms with E-state index >= 15 is 0 Å². The van der Waals surface area contributed by atoms with Crippen molar-refractivity contribution >= 4 is 5.97 Å². The van der Waals surface area contributed by atoms with Crippen LogP contribution in [0.5, 0.6) is 5.75 Å². The maximum atomic E-state index is 13.1. The quantitative estimate of drug-likeness (QED) is 0.736. The molecule has 1 aliphatic rings. The fourth-order valence-electron chi connectivity index (χ4n) is 3.69. The molecule has 2 rings (SSSR count). The Morgan fingerprint density at radius 1 is 1.00 bits per heavy atom. The lowest BCUT2D eigenvalue weighted by atomic mass is 9.79. The number of phenols is 1. The Morgan fingerprint density at radius 3 is 2.04 bits per heavy atom. The van der Waals surface area contributed by atoms with E-state index in [1.807, 2.05) is 40.7 Å². The molecule has 27 heavy (non-hydrogen) atoms. The van der Waals surface area contributed by atoms with Crippen LogP contribution < -0.4 is 5.32 Å². The Morgan fingerprint density at radius 2 is 1.56 bits per heavy atom. The van der Waals surface area contributed by atoms with Gasteiger partial charge in [0.1, 0.15) is 16.9 Å². The van der Waals surface area contributed by atoms with Crippen LogP contribution in [0.3, 0.4) is 0 Å². The standard InChI is InChI=1S/C23H37NO3/c1-21(2,3)16-13-17(19(25)18(14-16)22(4,5)6)20(26)27-23(7,8)15-9-11-24-12-10-15/h13-15,24-25H,9-12H2,1-8H3. The van der Waals surface area contributed by atoms with Gasteiger partial charge < -0.3 is 15.2 Å². The summed E-state index contributed by atoms with van der Waals surface area (Å²) in [4.78, 5) is 13.1. The zero-order valence-electron chi connectivity index (χ0n) is 18.3. The number of nitrogens with one attached hydrogen (secondary N) is 1. The Kier molecular flexibility index (Phi) is 6.01. The number of benzene rings is 1. The molecule has 1 saturated heterocycles. The number of esters is 1. The molecule has 0 unspecified atom stereocenters. The summed E-state index contributed by atoms with van der Waals surface area (Å²) in [6, 6.07) is 3.81. The van der Waals surface area contributed by atoms with Crippen LogP contribution in [0.4, 0.5) is 0 Å². The molecule has 152 valence electrons. The summed E-state index contributed by atoms with van der Waals surface area (Å²) in [5.74, 6) is -0.0769. The van der Waals surface area contributed by atoms with E-state index in [1.165, 1.54) is 0 Å². The van der Waals surface area contributed by atoms with Crippen molar-refractivity contribution in [3.8, 4) is 5.75 Å². The van der Waals surface area contributed by atoms with E-state index in [1.54, 1.807) is 6.07 Å². The molecule has 4 nitrogen and oxygen atoms in total. The van der Waals surface area contributed by atoms with E-state index in [4.69, 9.17) is 4.74 Å². The van der Waals surface area contributed by atoms with Crippen molar-refractivity contribution in [3.63, 3.8) is 0 Å². The first-order valence-corrected chi connectivity index (χ1v) is 10.1. The number of hydrogen-bond acceptors (Lipinski definition) is 4. The molecule has 1 aromatic rings. The minimum Gasteiger partial charge on any atom is -0.507 e. The number of ether oxygens (including phenoxy) is 1. The van der Waals surface area contributed by atoms with Gasteiger partial charge in [-0.25, -0.2) is 4.79 Å². The fraction of sp³-hybridized carbons (Fsp3) is 0.696. The van der Waals surface area contributed by atoms with Crippen LogP contribution in [-0.4, -0.2) is 29.8 Å². The first kappa shape index (κ1) is 21.7. The van der Waals surface area contributed by atoms with Crippen LogP contribution in [0, 0.1) is 5.92 Å². The highest BCUT2D eigenvalue weighted by molar-refractivity contribution is 5.93. The summed E-state index contributed by atoms with van der Waals surface area (Å²) in [6.07, 6.45) is 1.98. The van der Waals surface area contributed by atoms with E-state index in [0.717, 1.165) is 37.1 Å². The number of piperidine rings is 1. The molecule has 0 bridgehead atoms. The molecule has 0 aliphatic carbocycles. The van der Waals surface area contributed by atoms with Crippen molar-refractivity contribution in [2.45, 2.75) is 84.7 Å². The molecule has 0 atom stereocenters. The summed E-state index contributed by atoms with van der Waals surface area (Å²) in [6.45, 7) is 18.3. The van der Waals surface area contributed by atoms with Crippen molar-refractivity contribution in [1.82, 2.24) is 5.32 Å². The number of carbonyl (C=O) groups is 1. The minimum atomic E-state index is -0.564. The maximum absolute atomic E-state index is 13.1. The Bertz CT molecular complexity index is 687. The topological polar surface area (TPSA) is 58.6 Å². The number of carbonyl (C=O) groups excluding carboxylic acids is 1. The summed E-state index contributed by atoms with van der Waals surface area (Å²) in [7, 11) is 0. The van der Waals surface area contributed by atoms with Gasteiger partial charge >= 0.3 is 5.97 Å². The third-order valence-corrected chi connectivity index (χ3v) is 5.68. The molecule has 1 fully saturated rings. The van der Waals surface area contributed by atoms with Gasteiger partial charge in [0.05, 0.1) is 0 Å². The zero-order valence-corrected chi connectivity index (χ0v) is 18.3. The van der Waals surface area contributed by atoms with Crippen molar-refractivity contribution in [1.29, 1.82) is 0 Å². The second-order valence-corrected chi connectivity index (χ2v) is 10.4. The molecular formula is C23H37NO3. The lowest BCUT2D eigenvalue weighted by Crippen LogP contribution is -2.42. The fourth-order valence-corrected chi connectivity index (χ4v) is 3.69. The molecule has 1 heterocycles. The van der Waals surface area contributed by atoms with Gasteiger partial charge in [0.2, 0.25) is 0 Å². The average Bonchev–Trinajstić information content (AvgIpc) is 2.53. The normalized spacial score (nSPS) is 17.0. The molecular weight excluding hydrogens is 338 g/mol.